The van der Waals surface area contributed by atoms with Crippen molar-refractivity contribution in [2.24, 2.45) is 4.99 Å². The van der Waals surface area contributed by atoms with Gasteiger partial charge in [0.2, 0.25) is 0 Å². The molecule has 2 aromatic heterocycles. The number of guanidine groups is 1. The Kier molecular flexibility index (Phi) is 6.25. The zero-order chi connectivity index (χ0) is 19.4. The van der Waals surface area contributed by atoms with Gasteiger partial charge in [-0.15, -0.1) is 0 Å². The number of likely N-dealkylation sites (tertiary alicyclic amines) is 1. The summed E-state index contributed by atoms with van der Waals surface area (Å²) in [5.74, 6) is 0.592. The van der Waals surface area contributed by atoms with Gasteiger partial charge in [-0.25, -0.2) is 9.98 Å². The standard InChI is InChI=1S/C17H22BrF3N6/c1-2-22-16(25-13-5-6-26(9-13)11-17(19,20)21)23-7-14-10-27-8-12(18)3-4-15(27)24-14/h3-4,8,10,13H,2,5-7,9,11H2,1H3,(H2,22,23,25). The number of hydrogen-bond acceptors (Lipinski definition) is 3. The summed E-state index contributed by atoms with van der Waals surface area (Å²) in [7, 11) is 0. The predicted molar refractivity (Wildman–Crippen MR) is 102 cm³/mol. The normalized spacial score (nSPS) is 19.0. The average molecular weight is 447 g/mol. The smallest absolute Gasteiger partial charge is 0.357 e. The second kappa shape index (κ2) is 8.47. The molecule has 1 saturated heterocycles. The molecule has 27 heavy (non-hydrogen) atoms. The highest BCUT2D eigenvalue weighted by Gasteiger charge is 2.34. The highest BCUT2D eigenvalue weighted by atomic mass is 79.9. The molecule has 0 bridgehead atoms. The number of imidazole rings is 1. The summed E-state index contributed by atoms with van der Waals surface area (Å²) in [5, 5.41) is 6.38. The molecule has 1 atom stereocenters. The number of nitrogens with one attached hydrogen (secondary N) is 2. The minimum atomic E-state index is -4.16. The van der Waals surface area contributed by atoms with Crippen LogP contribution in [-0.2, 0) is 6.54 Å². The molecule has 2 N–H and O–H groups in total. The third-order valence-electron chi connectivity index (χ3n) is 4.22. The van der Waals surface area contributed by atoms with Gasteiger partial charge in [-0.1, -0.05) is 0 Å². The number of halogens is 4. The summed E-state index contributed by atoms with van der Waals surface area (Å²) in [4.78, 5) is 10.5. The number of rotatable bonds is 5. The second-order valence-electron chi connectivity index (χ2n) is 6.52. The minimum Gasteiger partial charge on any atom is -0.357 e. The van der Waals surface area contributed by atoms with E-state index in [1.807, 2.05) is 35.9 Å². The van der Waals surface area contributed by atoms with Crippen molar-refractivity contribution in [3.63, 3.8) is 0 Å². The molecule has 0 aliphatic carbocycles. The van der Waals surface area contributed by atoms with Gasteiger partial charge in [0, 0.05) is 42.5 Å². The summed E-state index contributed by atoms with van der Waals surface area (Å²) in [5.41, 5.74) is 1.65. The van der Waals surface area contributed by atoms with Gasteiger partial charge in [0.15, 0.2) is 5.96 Å². The van der Waals surface area contributed by atoms with Gasteiger partial charge in [-0.05, 0) is 41.4 Å². The molecule has 0 aromatic carbocycles. The van der Waals surface area contributed by atoms with Gasteiger partial charge >= 0.3 is 6.18 Å². The Hall–Kier alpha value is -1.81. The first-order chi connectivity index (χ1) is 12.8. The van der Waals surface area contributed by atoms with E-state index in [1.54, 1.807) is 0 Å². The van der Waals surface area contributed by atoms with Crippen LogP contribution in [0.3, 0.4) is 0 Å². The molecule has 0 spiro atoms. The first-order valence-electron chi connectivity index (χ1n) is 8.79. The Morgan fingerprint density at radius 3 is 2.93 bits per heavy atom. The van der Waals surface area contributed by atoms with Crippen LogP contribution in [0, 0.1) is 0 Å². The number of hydrogen-bond donors (Lipinski definition) is 2. The van der Waals surface area contributed by atoms with Crippen molar-refractivity contribution < 1.29 is 13.2 Å². The van der Waals surface area contributed by atoms with Crippen molar-refractivity contribution in [3.05, 3.63) is 34.7 Å². The average Bonchev–Trinajstić information content (AvgIpc) is 3.17. The molecule has 3 heterocycles. The Bertz CT molecular complexity index is 804. The maximum absolute atomic E-state index is 12.5. The van der Waals surface area contributed by atoms with Gasteiger partial charge in [0.1, 0.15) is 5.65 Å². The molecule has 3 rings (SSSR count). The highest BCUT2D eigenvalue weighted by Crippen LogP contribution is 2.20. The topological polar surface area (TPSA) is 57.0 Å². The van der Waals surface area contributed by atoms with E-state index in [-0.39, 0.29) is 6.04 Å². The molecule has 10 heteroatoms. The quantitative estimate of drug-likeness (QED) is 0.547. The summed E-state index contributed by atoms with van der Waals surface area (Å²) in [6.07, 6.45) is 0.328. The summed E-state index contributed by atoms with van der Waals surface area (Å²) in [6.45, 7) is 2.92. The SMILES string of the molecule is CCNC(=NCc1cn2cc(Br)ccc2n1)NC1CCN(CC(F)(F)F)C1. The number of alkyl halides is 3. The number of pyridine rings is 1. The fraction of sp³-hybridized carbons (Fsp3) is 0.529. The van der Waals surface area contributed by atoms with Gasteiger partial charge < -0.3 is 15.0 Å². The monoisotopic (exact) mass is 446 g/mol. The number of aromatic nitrogens is 2. The van der Waals surface area contributed by atoms with Crippen molar-refractivity contribution in [2.45, 2.75) is 32.1 Å². The zero-order valence-electron chi connectivity index (χ0n) is 14.9. The highest BCUT2D eigenvalue weighted by molar-refractivity contribution is 9.10. The zero-order valence-corrected chi connectivity index (χ0v) is 16.5. The number of aliphatic imine (C=N–C) groups is 1. The molecule has 2 aromatic rings. The maximum atomic E-state index is 12.5. The lowest BCUT2D eigenvalue weighted by atomic mass is 10.3. The van der Waals surface area contributed by atoms with Crippen LogP contribution in [0.5, 0.6) is 0 Å². The summed E-state index contributed by atoms with van der Waals surface area (Å²) in [6, 6.07) is 3.78. The Morgan fingerprint density at radius 2 is 2.19 bits per heavy atom. The van der Waals surface area contributed by atoms with Gasteiger partial charge in [-0.2, -0.15) is 13.2 Å². The minimum absolute atomic E-state index is 0.0535. The van der Waals surface area contributed by atoms with Crippen molar-refractivity contribution in [3.8, 4) is 0 Å². The first kappa shape index (κ1) is 19.9. The van der Waals surface area contributed by atoms with Crippen LogP contribution in [-0.4, -0.2) is 58.6 Å². The lowest BCUT2D eigenvalue weighted by Crippen LogP contribution is -2.45. The lowest BCUT2D eigenvalue weighted by molar-refractivity contribution is -0.143. The molecule has 6 nitrogen and oxygen atoms in total. The van der Waals surface area contributed by atoms with E-state index in [0.29, 0.717) is 38.6 Å². The van der Waals surface area contributed by atoms with Crippen LogP contribution in [0.25, 0.3) is 5.65 Å². The Morgan fingerprint density at radius 1 is 1.37 bits per heavy atom. The van der Waals surface area contributed by atoms with Crippen LogP contribution < -0.4 is 10.6 Å². The molecule has 0 saturated carbocycles. The lowest BCUT2D eigenvalue weighted by Gasteiger charge is -2.19. The maximum Gasteiger partial charge on any atom is 0.401 e. The Labute approximate surface area is 164 Å². The molecule has 1 fully saturated rings. The summed E-state index contributed by atoms with van der Waals surface area (Å²) < 4.78 is 40.5. The van der Waals surface area contributed by atoms with E-state index in [9.17, 15) is 13.2 Å². The van der Waals surface area contributed by atoms with Crippen LogP contribution in [0.1, 0.15) is 19.0 Å². The van der Waals surface area contributed by atoms with Crippen molar-refractivity contribution in [1.82, 2.24) is 24.9 Å². The number of nitrogens with zero attached hydrogens (tertiary/aromatic N) is 4. The van der Waals surface area contributed by atoms with Crippen molar-refractivity contribution in [1.29, 1.82) is 0 Å². The Balaban J connectivity index is 1.61. The van der Waals surface area contributed by atoms with E-state index < -0.39 is 12.7 Å². The molecular weight excluding hydrogens is 425 g/mol. The molecule has 1 aliphatic heterocycles. The third kappa shape index (κ3) is 5.83. The second-order valence-corrected chi connectivity index (χ2v) is 7.44. The molecule has 1 aliphatic rings. The van der Waals surface area contributed by atoms with E-state index in [0.717, 1.165) is 15.8 Å². The largest absolute Gasteiger partial charge is 0.401 e. The van der Waals surface area contributed by atoms with Crippen LogP contribution >= 0.6 is 15.9 Å². The van der Waals surface area contributed by atoms with Crippen molar-refractivity contribution >= 4 is 27.5 Å². The van der Waals surface area contributed by atoms with Crippen LogP contribution in [0.2, 0.25) is 0 Å². The van der Waals surface area contributed by atoms with E-state index in [4.69, 9.17) is 0 Å². The fourth-order valence-electron chi connectivity index (χ4n) is 3.11. The van der Waals surface area contributed by atoms with Gasteiger partial charge in [0.05, 0.1) is 18.8 Å². The molecule has 0 radical (unpaired) electrons. The number of fused-ring (bicyclic) bond motifs is 1. The van der Waals surface area contributed by atoms with E-state index in [1.165, 1.54) is 4.90 Å². The fourth-order valence-corrected chi connectivity index (χ4v) is 3.47. The van der Waals surface area contributed by atoms with E-state index in [2.05, 4.69) is 36.5 Å². The first-order valence-corrected chi connectivity index (χ1v) is 9.59. The molecule has 1 unspecified atom stereocenters. The summed E-state index contributed by atoms with van der Waals surface area (Å²) >= 11 is 3.43. The van der Waals surface area contributed by atoms with Crippen LogP contribution in [0.4, 0.5) is 13.2 Å². The van der Waals surface area contributed by atoms with Crippen LogP contribution in [0.15, 0.2) is 34.0 Å². The molecule has 0 amide bonds. The third-order valence-corrected chi connectivity index (χ3v) is 4.69. The van der Waals surface area contributed by atoms with E-state index >= 15 is 0 Å². The molecule has 148 valence electrons. The predicted octanol–water partition coefficient (Wildman–Crippen LogP) is 2.79. The molecular formula is C17H22BrF3N6. The van der Waals surface area contributed by atoms with Gasteiger partial charge in [-0.3, -0.25) is 4.90 Å². The van der Waals surface area contributed by atoms with Crippen molar-refractivity contribution in [2.75, 3.05) is 26.2 Å². The van der Waals surface area contributed by atoms with Gasteiger partial charge in [0.25, 0.3) is 0 Å².